The van der Waals surface area contributed by atoms with Gasteiger partial charge in [0, 0.05) is 33.7 Å². The molecule has 0 aliphatic carbocycles. The smallest absolute Gasteiger partial charge is 0.332 e. The Labute approximate surface area is 169 Å². The molecule has 1 aliphatic rings. The van der Waals surface area contributed by atoms with Crippen molar-refractivity contribution in [3.8, 4) is 0 Å². The van der Waals surface area contributed by atoms with Crippen molar-refractivity contribution < 1.29 is 4.74 Å². The molecule has 3 heterocycles. The topological polar surface area (TPSA) is 74.3 Å². The van der Waals surface area contributed by atoms with Gasteiger partial charge in [0.2, 0.25) is 0 Å². The number of aromatic nitrogens is 4. The van der Waals surface area contributed by atoms with Gasteiger partial charge in [-0.15, -0.1) is 0 Å². The summed E-state index contributed by atoms with van der Waals surface area (Å²) in [5.74, 6) is 0.781. The van der Waals surface area contributed by atoms with Gasteiger partial charge in [-0.1, -0.05) is 30.3 Å². The van der Waals surface area contributed by atoms with Gasteiger partial charge >= 0.3 is 5.69 Å². The fourth-order valence-electron chi connectivity index (χ4n) is 4.16. The first-order valence-electron chi connectivity index (χ1n) is 9.92. The average Bonchev–Trinajstić information content (AvgIpc) is 3.03. The van der Waals surface area contributed by atoms with Crippen LogP contribution < -0.4 is 11.2 Å². The molecule has 0 radical (unpaired) electrons. The highest BCUT2D eigenvalue weighted by Crippen LogP contribution is 2.18. The fourth-order valence-corrected chi connectivity index (χ4v) is 4.16. The predicted octanol–water partition coefficient (Wildman–Crippen LogP) is 1.09. The van der Waals surface area contributed by atoms with Gasteiger partial charge in [-0.2, -0.15) is 0 Å². The second-order valence-corrected chi connectivity index (χ2v) is 7.93. The SMILES string of the molecule is C[C@@H]1CN(Cc2nc3c(c(=O)n(C)c(=O)n3C)n2Cc2ccccc2)C[C@H](C)O1. The van der Waals surface area contributed by atoms with Crippen LogP contribution in [0.25, 0.3) is 11.2 Å². The van der Waals surface area contributed by atoms with E-state index in [0.717, 1.165) is 29.0 Å². The molecule has 4 rings (SSSR count). The third-order valence-electron chi connectivity index (χ3n) is 5.47. The standard InChI is InChI=1S/C21H27N5O3/c1-14-10-25(11-15(2)29-14)13-17-22-19-18(20(27)24(4)21(28)23(19)3)26(17)12-16-8-6-5-7-9-16/h5-9,14-15H,10-13H2,1-4H3/t14-,15+. The van der Waals surface area contributed by atoms with E-state index in [2.05, 4.69) is 18.7 Å². The number of rotatable bonds is 4. The highest BCUT2D eigenvalue weighted by atomic mass is 16.5. The van der Waals surface area contributed by atoms with Crippen LogP contribution in [-0.2, 0) is 31.9 Å². The number of hydrogen-bond acceptors (Lipinski definition) is 5. The third kappa shape index (κ3) is 3.65. The van der Waals surface area contributed by atoms with Crippen molar-refractivity contribution in [2.45, 2.75) is 39.1 Å². The quantitative estimate of drug-likeness (QED) is 0.659. The van der Waals surface area contributed by atoms with E-state index in [4.69, 9.17) is 9.72 Å². The van der Waals surface area contributed by atoms with E-state index < -0.39 is 0 Å². The van der Waals surface area contributed by atoms with Gasteiger partial charge in [0.25, 0.3) is 5.56 Å². The van der Waals surface area contributed by atoms with E-state index in [1.54, 1.807) is 7.05 Å². The fraction of sp³-hybridized carbons (Fsp3) is 0.476. The van der Waals surface area contributed by atoms with Crippen LogP contribution >= 0.6 is 0 Å². The minimum absolute atomic E-state index is 0.142. The van der Waals surface area contributed by atoms with Crippen LogP contribution in [0.1, 0.15) is 25.2 Å². The van der Waals surface area contributed by atoms with Crippen molar-refractivity contribution >= 4 is 11.2 Å². The summed E-state index contributed by atoms with van der Waals surface area (Å²) >= 11 is 0. The van der Waals surface area contributed by atoms with Gasteiger partial charge < -0.3 is 9.30 Å². The number of benzene rings is 1. The molecule has 0 spiro atoms. The highest BCUT2D eigenvalue weighted by molar-refractivity contribution is 5.71. The van der Waals surface area contributed by atoms with E-state index in [9.17, 15) is 9.59 Å². The second-order valence-electron chi connectivity index (χ2n) is 7.93. The second kappa shape index (κ2) is 7.61. The molecule has 0 bridgehead atoms. The minimum Gasteiger partial charge on any atom is -0.373 e. The first-order valence-corrected chi connectivity index (χ1v) is 9.92. The summed E-state index contributed by atoms with van der Waals surface area (Å²) in [4.78, 5) is 32.4. The number of ether oxygens (including phenoxy) is 1. The van der Waals surface area contributed by atoms with Crippen molar-refractivity contribution in [2.75, 3.05) is 13.1 Å². The molecule has 2 atom stereocenters. The summed E-state index contributed by atoms with van der Waals surface area (Å²) in [5.41, 5.74) is 1.28. The Morgan fingerprint density at radius 2 is 1.66 bits per heavy atom. The molecule has 3 aromatic rings. The van der Waals surface area contributed by atoms with Crippen LogP contribution in [0, 0.1) is 0 Å². The molecule has 0 amide bonds. The molecule has 2 aromatic heterocycles. The molecule has 1 fully saturated rings. The van der Waals surface area contributed by atoms with Crippen molar-refractivity contribution in [3.63, 3.8) is 0 Å². The maximum atomic E-state index is 13.0. The zero-order valence-electron chi connectivity index (χ0n) is 17.3. The molecule has 8 heteroatoms. The summed E-state index contributed by atoms with van der Waals surface area (Å²) < 4.78 is 10.4. The predicted molar refractivity (Wildman–Crippen MR) is 111 cm³/mol. The summed E-state index contributed by atoms with van der Waals surface area (Å²) in [6, 6.07) is 9.98. The van der Waals surface area contributed by atoms with Crippen LogP contribution in [0.4, 0.5) is 0 Å². The van der Waals surface area contributed by atoms with Crippen LogP contribution in [0.5, 0.6) is 0 Å². The molecule has 1 aliphatic heterocycles. The molecule has 29 heavy (non-hydrogen) atoms. The Kier molecular flexibility index (Phi) is 5.14. The van der Waals surface area contributed by atoms with Crippen LogP contribution in [-0.4, -0.2) is 48.9 Å². The highest BCUT2D eigenvalue weighted by Gasteiger charge is 2.25. The van der Waals surface area contributed by atoms with Crippen molar-refractivity contribution in [1.82, 2.24) is 23.6 Å². The lowest BCUT2D eigenvalue weighted by molar-refractivity contribution is -0.0712. The van der Waals surface area contributed by atoms with Crippen molar-refractivity contribution in [3.05, 3.63) is 62.6 Å². The molecule has 1 aromatic carbocycles. The van der Waals surface area contributed by atoms with Crippen LogP contribution in [0.15, 0.2) is 39.9 Å². The Hall–Kier alpha value is -2.71. The van der Waals surface area contributed by atoms with E-state index in [1.807, 2.05) is 34.9 Å². The summed E-state index contributed by atoms with van der Waals surface area (Å²) in [5, 5.41) is 0. The Morgan fingerprint density at radius 1 is 1.00 bits per heavy atom. The van der Waals surface area contributed by atoms with Crippen molar-refractivity contribution in [1.29, 1.82) is 0 Å². The molecule has 0 unspecified atom stereocenters. The summed E-state index contributed by atoms with van der Waals surface area (Å²) in [6.45, 7) is 6.85. The normalized spacial score (nSPS) is 20.4. The first-order chi connectivity index (χ1) is 13.8. The monoisotopic (exact) mass is 397 g/mol. The lowest BCUT2D eigenvalue weighted by atomic mass is 10.2. The Balaban J connectivity index is 1.85. The van der Waals surface area contributed by atoms with E-state index in [0.29, 0.717) is 24.3 Å². The molecule has 0 saturated carbocycles. The van der Waals surface area contributed by atoms with E-state index in [-0.39, 0.29) is 23.5 Å². The van der Waals surface area contributed by atoms with E-state index >= 15 is 0 Å². The number of morpholine rings is 1. The number of imidazole rings is 1. The number of hydrogen-bond donors (Lipinski definition) is 0. The molecular weight excluding hydrogens is 370 g/mol. The van der Waals surface area contributed by atoms with E-state index in [1.165, 1.54) is 11.6 Å². The van der Waals surface area contributed by atoms with Crippen LogP contribution in [0.3, 0.4) is 0 Å². The third-order valence-corrected chi connectivity index (χ3v) is 5.47. The van der Waals surface area contributed by atoms with Crippen LogP contribution in [0.2, 0.25) is 0 Å². The largest absolute Gasteiger partial charge is 0.373 e. The van der Waals surface area contributed by atoms with Gasteiger partial charge in [-0.05, 0) is 19.4 Å². The van der Waals surface area contributed by atoms with Gasteiger partial charge in [-0.25, -0.2) is 9.78 Å². The van der Waals surface area contributed by atoms with Gasteiger partial charge in [0.05, 0.1) is 18.8 Å². The zero-order chi connectivity index (χ0) is 20.7. The Morgan fingerprint density at radius 3 is 2.31 bits per heavy atom. The summed E-state index contributed by atoms with van der Waals surface area (Å²) in [6.07, 6.45) is 0.283. The van der Waals surface area contributed by atoms with Gasteiger partial charge in [0.15, 0.2) is 11.2 Å². The Bertz CT molecular complexity index is 1140. The molecule has 0 N–H and O–H groups in total. The van der Waals surface area contributed by atoms with Gasteiger partial charge in [0.1, 0.15) is 5.82 Å². The minimum atomic E-state index is -0.368. The number of nitrogens with zero attached hydrogens (tertiary/aromatic N) is 5. The maximum Gasteiger partial charge on any atom is 0.332 e. The molecule has 154 valence electrons. The number of aryl methyl sites for hydroxylation is 1. The lowest BCUT2D eigenvalue weighted by Crippen LogP contribution is -2.45. The zero-order valence-corrected chi connectivity index (χ0v) is 17.3. The first kappa shape index (κ1) is 19.6. The molecule has 8 nitrogen and oxygen atoms in total. The summed E-state index contributed by atoms with van der Waals surface area (Å²) in [7, 11) is 3.17. The molecular formula is C21H27N5O3. The maximum absolute atomic E-state index is 13.0. The van der Waals surface area contributed by atoms with Gasteiger partial charge in [-0.3, -0.25) is 18.8 Å². The number of fused-ring (bicyclic) bond motifs is 1. The van der Waals surface area contributed by atoms with Crippen molar-refractivity contribution in [2.24, 2.45) is 14.1 Å². The molecule has 1 saturated heterocycles. The lowest BCUT2D eigenvalue weighted by Gasteiger charge is -2.35. The average molecular weight is 397 g/mol.